The van der Waals surface area contributed by atoms with E-state index in [2.05, 4.69) is 5.32 Å². The molecule has 0 bridgehead atoms. The topological polar surface area (TPSA) is 81.4 Å². The van der Waals surface area contributed by atoms with E-state index < -0.39 is 5.91 Å². The van der Waals surface area contributed by atoms with Gasteiger partial charge in [0.1, 0.15) is 10.8 Å². The maximum atomic E-state index is 12.6. The van der Waals surface area contributed by atoms with Crippen LogP contribution in [0, 0.1) is 0 Å². The number of nitrogens with one attached hydrogen (secondary N) is 1. The normalized spacial score (nSPS) is 10.3. The van der Waals surface area contributed by atoms with Crippen molar-refractivity contribution in [2.75, 3.05) is 12.4 Å². The number of hydrogen-bond donors (Lipinski definition) is 2. The van der Waals surface area contributed by atoms with Gasteiger partial charge in [-0.15, -0.1) is 11.3 Å². The zero-order chi connectivity index (χ0) is 17.8. The van der Waals surface area contributed by atoms with Crippen LogP contribution in [0.15, 0.2) is 60.7 Å². The number of carbonyl (C=O) groups excluding carboxylic acids is 2. The number of benzene rings is 2. The fraction of sp³-hybridized carbons (Fsp3) is 0.0526. The number of ether oxygens (including phenoxy) is 1. The molecular formula is C19H16N2O3S. The first-order valence-corrected chi connectivity index (χ1v) is 8.35. The van der Waals surface area contributed by atoms with Gasteiger partial charge >= 0.3 is 0 Å². The van der Waals surface area contributed by atoms with Crippen LogP contribution in [0.25, 0.3) is 10.4 Å². The summed E-state index contributed by atoms with van der Waals surface area (Å²) in [6.45, 7) is 0. The molecule has 0 atom stereocenters. The number of methoxy groups -OCH3 is 1. The highest BCUT2D eigenvalue weighted by Gasteiger charge is 2.19. The van der Waals surface area contributed by atoms with E-state index in [1.807, 2.05) is 30.3 Å². The van der Waals surface area contributed by atoms with E-state index in [9.17, 15) is 9.59 Å². The summed E-state index contributed by atoms with van der Waals surface area (Å²) in [6.07, 6.45) is 0. The van der Waals surface area contributed by atoms with Crippen molar-refractivity contribution in [2.24, 2.45) is 5.73 Å². The highest BCUT2D eigenvalue weighted by molar-refractivity contribution is 7.20. The van der Waals surface area contributed by atoms with Crippen LogP contribution in [0.5, 0.6) is 5.75 Å². The van der Waals surface area contributed by atoms with Gasteiger partial charge in [-0.25, -0.2) is 0 Å². The molecule has 2 amide bonds. The average Bonchev–Trinajstić information content (AvgIpc) is 3.06. The first-order chi connectivity index (χ1) is 12.1. The number of amides is 2. The van der Waals surface area contributed by atoms with E-state index in [0.29, 0.717) is 16.3 Å². The third kappa shape index (κ3) is 3.54. The molecule has 0 fully saturated rings. The molecule has 6 heteroatoms. The number of rotatable bonds is 5. The van der Waals surface area contributed by atoms with Crippen molar-refractivity contribution in [3.05, 3.63) is 71.8 Å². The van der Waals surface area contributed by atoms with Crippen molar-refractivity contribution in [2.45, 2.75) is 0 Å². The van der Waals surface area contributed by atoms with Crippen molar-refractivity contribution in [1.82, 2.24) is 0 Å². The predicted octanol–water partition coefficient (Wildman–Crippen LogP) is 3.77. The maximum Gasteiger partial charge on any atom is 0.260 e. The number of thiophene rings is 1. The average molecular weight is 352 g/mol. The predicted molar refractivity (Wildman–Crippen MR) is 99.2 cm³/mol. The summed E-state index contributed by atoms with van der Waals surface area (Å²) >= 11 is 1.30. The lowest BCUT2D eigenvalue weighted by Gasteiger charge is -2.08. The second kappa shape index (κ2) is 7.19. The zero-order valence-corrected chi connectivity index (χ0v) is 14.3. The molecule has 0 aliphatic heterocycles. The molecule has 0 spiro atoms. The summed E-state index contributed by atoms with van der Waals surface area (Å²) in [5.74, 6) is -0.490. The largest absolute Gasteiger partial charge is 0.496 e. The molecule has 0 unspecified atom stereocenters. The van der Waals surface area contributed by atoms with Gasteiger partial charge in [0, 0.05) is 4.88 Å². The van der Waals surface area contributed by atoms with Crippen LogP contribution in [0.2, 0.25) is 0 Å². The second-order valence-corrected chi connectivity index (χ2v) is 6.29. The molecule has 5 nitrogen and oxygen atoms in total. The maximum absolute atomic E-state index is 12.6. The zero-order valence-electron chi connectivity index (χ0n) is 13.5. The van der Waals surface area contributed by atoms with E-state index in [-0.39, 0.29) is 11.5 Å². The van der Waals surface area contributed by atoms with Gasteiger partial charge in [-0.3, -0.25) is 9.59 Å². The van der Waals surface area contributed by atoms with Crippen LogP contribution in [0.4, 0.5) is 5.00 Å². The molecular weight excluding hydrogens is 336 g/mol. The van der Waals surface area contributed by atoms with Gasteiger partial charge in [0.25, 0.3) is 11.8 Å². The van der Waals surface area contributed by atoms with Crippen LogP contribution < -0.4 is 15.8 Å². The smallest absolute Gasteiger partial charge is 0.260 e. The SMILES string of the molecule is COc1ccccc1C(=O)Nc1sc(-c2ccccc2)cc1C(N)=O. The lowest BCUT2D eigenvalue weighted by Crippen LogP contribution is -2.17. The summed E-state index contributed by atoms with van der Waals surface area (Å²) in [5.41, 5.74) is 7.09. The Balaban J connectivity index is 1.95. The van der Waals surface area contributed by atoms with E-state index >= 15 is 0 Å². The molecule has 0 radical (unpaired) electrons. The van der Waals surface area contributed by atoms with Crippen molar-refractivity contribution in [3.8, 4) is 16.2 Å². The van der Waals surface area contributed by atoms with Gasteiger partial charge in [0.05, 0.1) is 18.2 Å². The molecule has 126 valence electrons. The Morgan fingerprint density at radius 3 is 2.36 bits per heavy atom. The molecule has 3 N–H and O–H groups in total. The molecule has 1 aromatic heterocycles. The Hall–Kier alpha value is -3.12. The molecule has 3 rings (SSSR count). The monoisotopic (exact) mass is 352 g/mol. The fourth-order valence-corrected chi connectivity index (χ4v) is 3.48. The van der Waals surface area contributed by atoms with Crippen molar-refractivity contribution in [3.63, 3.8) is 0 Å². The summed E-state index contributed by atoms with van der Waals surface area (Å²) in [4.78, 5) is 25.2. The van der Waals surface area contributed by atoms with E-state index in [0.717, 1.165) is 10.4 Å². The van der Waals surface area contributed by atoms with Gasteiger partial charge in [0.2, 0.25) is 0 Å². The summed E-state index contributed by atoms with van der Waals surface area (Å²) in [6, 6.07) is 18.2. The Morgan fingerprint density at radius 2 is 1.68 bits per heavy atom. The van der Waals surface area contributed by atoms with E-state index in [4.69, 9.17) is 10.5 Å². The first-order valence-electron chi connectivity index (χ1n) is 7.53. The lowest BCUT2D eigenvalue weighted by atomic mass is 10.1. The lowest BCUT2D eigenvalue weighted by molar-refractivity contribution is 0.100. The van der Waals surface area contributed by atoms with Crippen molar-refractivity contribution < 1.29 is 14.3 Å². The van der Waals surface area contributed by atoms with Crippen LogP contribution >= 0.6 is 11.3 Å². The van der Waals surface area contributed by atoms with Gasteiger partial charge < -0.3 is 15.8 Å². The van der Waals surface area contributed by atoms with Gasteiger partial charge in [0.15, 0.2) is 0 Å². The standard InChI is InChI=1S/C19H16N2O3S/c1-24-15-10-6-5-9-13(15)18(23)21-19-14(17(20)22)11-16(25-19)12-7-3-2-4-8-12/h2-11H,1H3,(H2,20,22)(H,21,23). The number of hydrogen-bond acceptors (Lipinski definition) is 4. The third-order valence-corrected chi connectivity index (χ3v) is 4.73. The molecule has 1 heterocycles. The van der Waals surface area contributed by atoms with Crippen LogP contribution in [-0.2, 0) is 0 Å². The Kier molecular flexibility index (Phi) is 4.81. The van der Waals surface area contributed by atoms with Crippen LogP contribution in [0.1, 0.15) is 20.7 Å². The van der Waals surface area contributed by atoms with Gasteiger partial charge in [-0.2, -0.15) is 0 Å². The number of nitrogens with two attached hydrogens (primary N) is 1. The fourth-order valence-electron chi connectivity index (χ4n) is 2.41. The van der Waals surface area contributed by atoms with Crippen LogP contribution in [-0.4, -0.2) is 18.9 Å². The van der Waals surface area contributed by atoms with Crippen molar-refractivity contribution >= 4 is 28.2 Å². The number of primary amides is 1. The molecule has 3 aromatic rings. The van der Waals surface area contributed by atoms with Crippen LogP contribution in [0.3, 0.4) is 0 Å². The van der Waals surface area contributed by atoms with Crippen molar-refractivity contribution in [1.29, 1.82) is 0 Å². The Morgan fingerprint density at radius 1 is 1.00 bits per heavy atom. The first kappa shape index (κ1) is 16.7. The summed E-state index contributed by atoms with van der Waals surface area (Å²) in [7, 11) is 1.50. The Bertz CT molecular complexity index is 919. The molecule has 0 saturated carbocycles. The van der Waals surface area contributed by atoms with E-state index in [1.54, 1.807) is 30.3 Å². The highest BCUT2D eigenvalue weighted by Crippen LogP contribution is 2.35. The molecule has 25 heavy (non-hydrogen) atoms. The van der Waals surface area contributed by atoms with E-state index in [1.165, 1.54) is 18.4 Å². The number of anilines is 1. The van der Waals surface area contributed by atoms with Gasteiger partial charge in [-0.05, 0) is 23.8 Å². The Labute approximate surface area is 149 Å². The quantitative estimate of drug-likeness (QED) is 0.733. The minimum absolute atomic E-state index is 0.284. The second-order valence-electron chi connectivity index (χ2n) is 5.24. The highest BCUT2D eigenvalue weighted by atomic mass is 32.1. The summed E-state index contributed by atoms with van der Waals surface area (Å²) in [5, 5.41) is 3.19. The summed E-state index contributed by atoms with van der Waals surface area (Å²) < 4.78 is 5.21. The molecule has 2 aromatic carbocycles. The third-order valence-electron chi connectivity index (χ3n) is 3.63. The van der Waals surface area contributed by atoms with Gasteiger partial charge in [-0.1, -0.05) is 42.5 Å². The minimum Gasteiger partial charge on any atom is -0.496 e. The molecule has 0 saturated heterocycles. The number of para-hydroxylation sites is 1. The number of carbonyl (C=O) groups is 2. The molecule has 0 aliphatic rings. The minimum atomic E-state index is -0.589. The molecule has 0 aliphatic carbocycles.